The number of hydrogen-bond acceptors (Lipinski definition) is 4. The Morgan fingerprint density at radius 1 is 0.970 bits per heavy atom. The fourth-order valence-corrected chi connectivity index (χ4v) is 5.55. The van der Waals surface area contributed by atoms with E-state index < -0.39 is 18.1 Å². The van der Waals surface area contributed by atoms with E-state index in [1.807, 2.05) is 24.3 Å². The molecule has 1 saturated carbocycles. The number of rotatable bonds is 6. The van der Waals surface area contributed by atoms with Crippen molar-refractivity contribution in [2.45, 2.75) is 50.1 Å². The van der Waals surface area contributed by atoms with Crippen LogP contribution in [0.3, 0.4) is 0 Å². The van der Waals surface area contributed by atoms with E-state index in [2.05, 4.69) is 29.6 Å². The minimum atomic E-state index is -0.950. The van der Waals surface area contributed by atoms with Crippen molar-refractivity contribution in [3.8, 4) is 11.1 Å². The molecule has 33 heavy (non-hydrogen) atoms. The molecule has 1 saturated heterocycles. The summed E-state index contributed by atoms with van der Waals surface area (Å²) in [5, 5.41) is 12.2. The lowest BCUT2D eigenvalue weighted by Crippen LogP contribution is -2.55. The van der Waals surface area contributed by atoms with E-state index in [4.69, 9.17) is 4.74 Å². The summed E-state index contributed by atoms with van der Waals surface area (Å²) < 4.78 is 5.66. The number of ether oxygens (including phenoxy) is 1. The maximum Gasteiger partial charge on any atom is 0.407 e. The number of benzene rings is 2. The van der Waals surface area contributed by atoms with Crippen LogP contribution in [0.1, 0.15) is 49.1 Å². The van der Waals surface area contributed by atoms with Crippen LogP contribution in [0, 0.1) is 5.92 Å². The zero-order chi connectivity index (χ0) is 22.9. The Morgan fingerprint density at radius 3 is 2.24 bits per heavy atom. The molecule has 172 valence electrons. The Balaban J connectivity index is 1.18. The highest BCUT2D eigenvalue weighted by Crippen LogP contribution is 2.44. The topological polar surface area (TPSA) is 95.9 Å². The SMILES string of the molecule is O=C(N[C@@H]1CCC[C@H]1CC(=O)N1CCC1C(=O)O)OCC1c2ccccc2-c2ccccc21. The smallest absolute Gasteiger partial charge is 0.407 e. The van der Waals surface area contributed by atoms with Crippen LogP contribution in [0.2, 0.25) is 0 Å². The quantitative estimate of drug-likeness (QED) is 0.701. The molecular weight excluding hydrogens is 420 g/mol. The lowest BCUT2D eigenvalue weighted by molar-refractivity contribution is -0.157. The van der Waals surface area contributed by atoms with Crippen molar-refractivity contribution >= 4 is 18.0 Å². The van der Waals surface area contributed by atoms with Gasteiger partial charge in [0.15, 0.2) is 0 Å². The lowest BCUT2D eigenvalue weighted by Gasteiger charge is -2.38. The van der Waals surface area contributed by atoms with Crippen LogP contribution in [0.25, 0.3) is 11.1 Å². The Hall–Kier alpha value is -3.35. The predicted octanol–water partition coefficient (Wildman–Crippen LogP) is 3.77. The Labute approximate surface area is 192 Å². The number of carboxylic acid groups (broad SMARTS) is 1. The number of amides is 2. The second kappa shape index (κ2) is 8.89. The molecule has 2 aromatic rings. The fourth-order valence-electron chi connectivity index (χ4n) is 5.55. The summed E-state index contributed by atoms with van der Waals surface area (Å²) in [5.74, 6) is -1.08. The standard InChI is InChI=1S/C26H28N2O5/c29-24(28-13-12-23(28)25(30)31)14-16-6-5-11-22(16)27-26(32)33-15-21-19-9-3-1-7-17(19)18-8-2-4-10-20(18)21/h1-4,7-10,16,21-23H,5-6,11-15H2,(H,27,32)(H,30,31)/t16-,22+,23?/m0/s1. The van der Waals surface area contributed by atoms with E-state index in [-0.39, 0.29) is 36.8 Å². The number of carboxylic acids is 1. The number of alkyl carbamates (subject to hydrolysis) is 1. The summed E-state index contributed by atoms with van der Waals surface area (Å²) in [6, 6.07) is 15.6. The molecule has 2 amide bonds. The average Bonchev–Trinajstić information content (AvgIpc) is 3.33. The van der Waals surface area contributed by atoms with Gasteiger partial charge in [-0.25, -0.2) is 9.59 Å². The zero-order valence-electron chi connectivity index (χ0n) is 18.4. The molecule has 2 aliphatic carbocycles. The first-order valence-corrected chi connectivity index (χ1v) is 11.7. The maximum atomic E-state index is 12.6. The molecule has 3 atom stereocenters. The number of carbonyl (C=O) groups excluding carboxylic acids is 2. The molecule has 0 spiro atoms. The monoisotopic (exact) mass is 448 g/mol. The van der Waals surface area contributed by atoms with Gasteiger partial charge in [-0.15, -0.1) is 0 Å². The largest absolute Gasteiger partial charge is 0.480 e. The summed E-state index contributed by atoms with van der Waals surface area (Å²) in [7, 11) is 0. The van der Waals surface area contributed by atoms with E-state index in [0.717, 1.165) is 19.3 Å². The van der Waals surface area contributed by atoms with Crippen LogP contribution in [0.5, 0.6) is 0 Å². The second-order valence-electron chi connectivity index (χ2n) is 9.20. The number of nitrogens with zero attached hydrogens (tertiary/aromatic N) is 1. The third kappa shape index (κ3) is 4.08. The van der Waals surface area contributed by atoms with Gasteiger partial charge in [-0.2, -0.15) is 0 Å². The van der Waals surface area contributed by atoms with Gasteiger partial charge in [0.1, 0.15) is 12.6 Å². The Morgan fingerprint density at radius 2 is 1.64 bits per heavy atom. The van der Waals surface area contributed by atoms with E-state index in [1.54, 1.807) is 0 Å². The molecular formula is C26H28N2O5. The Kier molecular flexibility index (Phi) is 5.79. The number of nitrogens with one attached hydrogen (secondary N) is 1. The molecule has 2 N–H and O–H groups in total. The highest BCUT2D eigenvalue weighted by Gasteiger charge is 2.40. The highest BCUT2D eigenvalue weighted by molar-refractivity contribution is 5.85. The molecule has 5 rings (SSSR count). The van der Waals surface area contributed by atoms with Crippen molar-refractivity contribution in [1.82, 2.24) is 10.2 Å². The number of likely N-dealkylation sites (tertiary alicyclic amines) is 1. The minimum absolute atomic E-state index is 0.00321. The van der Waals surface area contributed by atoms with Gasteiger partial charge in [0.2, 0.25) is 5.91 Å². The van der Waals surface area contributed by atoms with Crippen LogP contribution in [0.15, 0.2) is 48.5 Å². The van der Waals surface area contributed by atoms with Crippen LogP contribution < -0.4 is 5.32 Å². The van der Waals surface area contributed by atoms with Gasteiger partial charge in [0.25, 0.3) is 0 Å². The molecule has 2 fully saturated rings. The predicted molar refractivity (Wildman–Crippen MR) is 122 cm³/mol. The number of fused-ring (bicyclic) bond motifs is 3. The van der Waals surface area contributed by atoms with Crippen LogP contribution in [0.4, 0.5) is 4.79 Å². The first-order chi connectivity index (χ1) is 16.0. The van der Waals surface area contributed by atoms with Gasteiger partial charge in [-0.05, 0) is 47.4 Å². The highest BCUT2D eigenvalue weighted by atomic mass is 16.5. The molecule has 1 heterocycles. The van der Waals surface area contributed by atoms with Crippen molar-refractivity contribution in [1.29, 1.82) is 0 Å². The van der Waals surface area contributed by atoms with Gasteiger partial charge >= 0.3 is 12.1 Å². The normalized spacial score (nSPS) is 23.4. The van der Waals surface area contributed by atoms with Crippen LogP contribution in [-0.2, 0) is 14.3 Å². The van der Waals surface area contributed by atoms with E-state index in [9.17, 15) is 19.5 Å². The minimum Gasteiger partial charge on any atom is -0.480 e. The van der Waals surface area contributed by atoms with E-state index in [1.165, 1.54) is 27.2 Å². The molecule has 7 heteroatoms. The number of hydrogen-bond donors (Lipinski definition) is 2. The first kappa shape index (κ1) is 21.5. The summed E-state index contributed by atoms with van der Waals surface area (Å²) in [5.41, 5.74) is 4.70. The molecule has 0 bridgehead atoms. The first-order valence-electron chi connectivity index (χ1n) is 11.7. The van der Waals surface area contributed by atoms with Gasteiger partial charge in [-0.1, -0.05) is 55.0 Å². The van der Waals surface area contributed by atoms with Gasteiger partial charge in [0.05, 0.1) is 0 Å². The molecule has 1 aliphatic heterocycles. The molecule has 7 nitrogen and oxygen atoms in total. The lowest BCUT2D eigenvalue weighted by atomic mass is 9.95. The molecule has 0 aromatic heterocycles. The fraction of sp³-hybridized carbons (Fsp3) is 0.423. The van der Waals surface area contributed by atoms with Crippen molar-refractivity contribution in [3.05, 3.63) is 59.7 Å². The van der Waals surface area contributed by atoms with Gasteiger partial charge in [0, 0.05) is 24.9 Å². The third-order valence-electron chi connectivity index (χ3n) is 7.37. The van der Waals surface area contributed by atoms with Crippen LogP contribution >= 0.6 is 0 Å². The Bertz CT molecular complexity index is 1040. The third-order valence-corrected chi connectivity index (χ3v) is 7.37. The van der Waals surface area contributed by atoms with Crippen molar-refractivity contribution < 1.29 is 24.2 Å². The van der Waals surface area contributed by atoms with E-state index >= 15 is 0 Å². The van der Waals surface area contributed by atoms with E-state index in [0.29, 0.717) is 13.0 Å². The number of carbonyl (C=O) groups is 3. The molecule has 0 radical (unpaired) electrons. The summed E-state index contributed by atoms with van der Waals surface area (Å²) in [6.07, 6.45) is 2.87. The molecule has 2 aromatic carbocycles. The van der Waals surface area contributed by atoms with Gasteiger partial charge in [-0.3, -0.25) is 4.79 Å². The van der Waals surface area contributed by atoms with Crippen LogP contribution in [-0.4, -0.2) is 53.2 Å². The summed E-state index contributed by atoms with van der Waals surface area (Å²) in [6.45, 7) is 0.747. The van der Waals surface area contributed by atoms with Crippen molar-refractivity contribution in [3.63, 3.8) is 0 Å². The average molecular weight is 449 g/mol. The molecule has 3 aliphatic rings. The maximum absolute atomic E-state index is 12.6. The van der Waals surface area contributed by atoms with Crippen molar-refractivity contribution in [2.75, 3.05) is 13.2 Å². The van der Waals surface area contributed by atoms with Gasteiger partial charge < -0.3 is 20.1 Å². The number of aliphatic carboxylic acids is 1. The molecule has 1 unspecified atom stereocenters. The summed E-state index contributed by atoms with van der Waals surface area (Å²) in [4.78, 5) is 37.9. The second-order valence-corrected chi connectivity index (χ2v) is 9.20. The van der Waals surface area contributed by atoms with Crippen molar-refractivity contribution in [2.24, 2.45) is 5.92 Å². The zero-order valence-corrected chi connectivity index (χ0v) is 18.4. The summed E-state index contributed by atoms with van der Waals surface area (Å²) >= 11 is 0.